The Labute approximate surface area is 115 Å². The topological polar surface area (TPSA) is 93.0 Å². The molecule has 0 saturated carbocycles. The van der Waals surface area contributed by atoms with Crippen LogP contribution in [0.25, 0.3) is 0 Å². The summed E-state index contributed by atoms with van der Waals surface area (Å²) in [6.07, 6.45) is 1.00. The van der Waals surface area contributed by atoms with Gasteiger partial charge in [0.05, 0.1) is 4.92 Å². The van der Waals surface area contributed by atoms with E-state index in [1.54, 1.807) is 6.92 Å². The Morgan fingerprint density at radius 1 is 1.53 bits per heavy atom. The Morgan fingerprint density at radius 3 is 2.89 bits per heavy atom. The van der Waals surface area contributed by atoms with Crippen LogP contribution in [0.1, 0.15) is 19.0 Å². The van der Waals surface area contributed by atoms with Crippen molar-refractivity contribution in [3.8, 4) is 0 Å². The lowest BCUT2D eigenvalue weighted by Gasteiger charge is -2.14. The SMILES string of the molecule is CCNc1nc(C)c([N+](=O)[O-])c(NC2CCSC2)n1. The molecule has 1 aliphatic heterocycles. The molecule has 104 valence electrons. The third kappa shape index (κ3) is 3.25. The zero-order chi connectivity index (χ0) is 13.8. The minimum absolute atomic E-state index is 0.0291. The second-order valence-corrected chi connectivity index (χ2v) is 5.47. The molecule has 1 fully saturated rings. The van der Waals surface area contributed by atoms with Gasteiger partial charge in [0.15, 0.2) is 0 Å². The fourth-order valence-electron chi connectivity index (χ4n) is 1.97. The largest absolute Gasteiger partial charge is 0.361 e. The van der Waals surface area contributed by atoms with Crippen molar-refractivity contribution < 1.29 is 4.92 Å². The first-order valence-electron chi connectivity index (χ1n) is 6.23. The zero-order valence-corrected chi connectivity index (χ0v) is 11.8. The molecule has 7 nitrogen and oxygen atoms in total. The van der Waals surface area contributed by atoms with Gasteiger partial charge in [0.25, 0.3) is 0 Å². The van der Waals surface area contributed by atoms with Crippen molar-refractivity contribution >= 4 is 29.2 Å². The molecule has 1 aromatic heterocycles. The molecule has 1 unspecified atom stereocenters. The lowest BCUT2D eigenvalue weighted by Crippen LogP contribution is -2.21. The molecular formula is C11H17N5O2S. The van der Waals surface area contributed by atoms with Gasteiger partial charge in [0.2, 0.25) is 11.8 Å². The number of nitrogens with one attached hydrogen (secondary N) is 2. The molecule has 2 heterocycles. The maximum absolute atomic E-state index is 11.1. The molecule has 1 atom stereocenters. The normalized spacial score (nSPS) is 18.3. The van der Waals surface area contributed by atoms with Crippen molar-refractivity contribution in [1.29, 1.82) is 0 Å². The predicted molar refractivity (Wildman–Crippen MR) is 76.9 cm³/mol. The highest BCUT2D eigenvalue weighted by atomic mass is 32.2. The van der Waals surface area contributed by atoms with Gasteiger partial charge >= 0.3 is 5.69 Å². The van der Waals surface area contributed by atoms with E-state index in [1.165, 1.54) is 0 Å². The fraction of sp³-hybridized carbons (Fsp3) is 0.636. The number of aromatic nitrogens is 2. The van der Waals surface area contributed by atoms with E-state index < -0.39 is 4.92 Å². The first-order valence-corrected chi connectivity index (χ1v) is 7.38. The van der Waals surface area contributed by atoms with Gasteiger partial charge < -0.3 is 10.6 Å². The van der Waals surface area contributed by atoms with Crippen LogP contribution < -0.4 is 10.6 Å². The van der Waals surface area contributed by atoms with Crippen LogP contribution in [0.4, 0.5) is 17.5 Å². The van der Waals surface area contributed by atoms with E-state index in [9.17, 15) is 10.1 Å². The van der Waals surface area contributed by atoms with Crippen molar-refractivity contribution in [2.45, 2.75) is 26.3 Å². The number of rotatable bonds is 5. The van der Waals surface area contributed by atoms with Gasteiger partial charge in [-0.25, -0.2) is 4.98 Å². The van der Waals surface area contributed by atoms with E-state index >= 15 is 0 Å². The molecule has 1 aromatic rings. The van der Waals surface area contributed by atoms with Crippen LogP contribution in [0, 0.1) is 17.0 Å². The lowest BCUT2D eigenvalue weighted by atomic mass is 10.2. The van der Waals surface area contributed by atoms with Gasteiger partial charge in [-0.15, -0.1) is 0 Å². The quantitative estimate of drug-likeness (QED) is 0.631. The molecule has 0 bridgehead atoms. The molecule has 19 heavy (non-hydrogen) atoms. The van der Waals surface area contributed by atoms with Crippen molar-refractivity contribution in [3.63, 3.8) is 0 Å². The highest BCUT2D eigenvalue weighted by molar-refractivity contribution is 7.99. The van der Waals surface area contributed by atoms with E-state index in [2.05, 4.69) is 20.6 Å². The third-order valence-electron chi connectivity index (χ3n) is 2.85. The van der Waals surface area contributed by atoms with Crippen molar-refractivity contribution in [2.24, 2.45) is 0 Å². The molecule has 0 aliphatic carbocycles. The number of nitrogens with zero attached hydrogens (tertiary/aromatic N) is 3. The maximum atomic E-state index is 11.1. The molecule has 2 N–H and O–H groups in total. The van der Waals surface area contributed by atoms with E-state index in [0.29, 0.717) is 24.0 Å². The zero-order valence-electron chi connectivity index (χ0n) is 11.0. The van der Waals surface area contributed by atoms with Crippen molar-refractivity contribution in [1.82, 2.24) is 9.97 Å². The van der Waals surface area contributed by atoms with Crippen molar-refractivity contribution in [2.75, 3.05) is 28.7 Å². The van der Waals surface area contributed by atoms with Gasteiger partial charge in [-0.1, -0.05) is 0 Å². The van der Waals surface area contributed by atoms with E-state index in [0.717, 1.165) is 17.9 Å². The lowest BCUT2D eigenvalue weighted by molar-refractivity contribution is -0.385. The van der Waals surface area contributed by atoms with Crippen LogP contribution >= 0.6 is 11.8 Å². The number of anilines is 2. The Balaban J connectivity index is 2.32. The molecule has 0 spiro atoms. The Kier molecular flexibility index (Phi) is 4.41. The van der Waals surface area contributed by atoms with Gasteiger partial charge in [-0.2, -0.15) is 16.7 Å². The summed E-state index contributed by atoms with van der Waals surface area (Å²) >= 11 is 1.84. The molecule has 0 aromatic carbocycles. The first kappa shape index (κ1) is 13.9. The first-order chi connectivity index (χ1) is 9.11. The number of hydrogen-bond acceptors (Lipinski definition) is 7. The molecular weight excluding hydrogens is 266 g/mol. The van der Waals surface area contributed by atoms with E-state index in [-0.39, 0.29) is 11.7 Å². The predicted octanol–water partition coefficient (Wildman–Crippen LogP) is 2.04. The number of hydrogen-bond donors (Lipinski definition) is 2. The van der Waals surface area contributed by atoms with Crippen LogP contribution in [-0.2, 0) is 0 Å². The minimum atomic E-state index is -0.421. The standard InChI is InChI=1S/C11H17N5O2S/c1-3-12-11-13-7(2)9(16(17)18)10(15-11)14-8-4-5-19-6-8/h8H,3-6H2,1-2H3,(H2,12,13,14,15). The Morgan fingerprint density at radius 2 is 2.32 bits per heavy atom. The van der Waals surface area contributed by atoms with E-state index in [4.69, 9.17) is 0 Å². The Hall–Kier alpha value is -1.57. The summed E-state index contributed by atoms with van der Waals surface area (Å²) in [4.78, 5) is 19.1. The minimum Gasteiger partial charge on any atom is -0.361 e. The molecule has 2 rings (SSSR count). The number of nitro groups is 1. The third-order valence-corrected chi connectivity index (χ3v) is 4.01. The second kappa shape index (κ2) is 6.05. The summed E-state index contributed by atoms with van der Waals surface area (Å²) in [5, 5.41) is 17.3. The number of thioether (sulfide) groups is 1. The average molecular weight is 283 g/mol. The fourth-order valence-corrected chi connectivity index (χ4v) is 3.12. The van der Waals surface area contributed by atoms with Gasteiger partial charge in [0, 0.05) is 18.3 Å². The van der Waals surface area contributed by atoms with E-state index in [1.807, 2.05) is 18.7 Å². The molecule has 8 heteroatoms. The smallest absolute Gasteiger partial charge is 0.332 e. The van der Waals surface area contributed by atoms with Crippen LogP contribution in [0.5, 0.6) is 0 Å². The molecule has 1 aliphatic rings. The molecule has 1 saturated heterocycles. The van der Waals surface area contributed by atoms with Crippen LogP contribution in [0.15, 0.2) is 0 Å². The highest BCUT2D eigenvalue weighted by Gasteiger charge is 2.25. The van der Waals surface area contributed by atoms with Gasteiger partial charge in [0.1, 0.15) is 5.69 Å². The summed E-state index contributed by atoms with van der Waals surface area (Å²) in [6.45, 7) is 4.24. The van der Waals surface area contributed by atoms with Crippen LogP contribution in [0.3, 0.4) is 0 Å². The summed E-state index contributed by atoms with van der Waals surface area (Å²) in [6, 6.07) is 0.243. The molecule has 0 amide bonds. The summed E-state index contributed by atoms with van der Waals surface area (Å²) in [5.41, 5.74) is 0.350. The van der Waals surface area contributed by atoms with Crippen LogP contribution in [-0.4, -0.2) is 39.0 Å². The van der Waals surface area contributed by atoms with Gasteiger partial charge in [-0.05, 0) is 26.0 Å². The summed E-state index contributed by atoms with van der Waals surface area (Å²) < 4.78 is 0. The van der Waals surface area contributed by atoms with Crippen molar-refractivity contribution in [3.05, 3.63) is 15.8 Å². The second-order valence-electron chi connectivity index (χ2n) is 4.32. The summed E-state index contributed by atoms with van der Waals surface area (Å²) in [5.74, 6) is 2.78. The molecule has 0 radical (unpaired) electrons. The Bertz CT molecular complexity index is 476. The van der Waals surface area contributed by atoms with Crippen LogP contribution in [0.2, 0.25) is 0 Å². The number of aryl methyl sites for hydroxylation is 1. The summed E-state index contributed by atoms with van der Waals surface area (Å²) in [7, 11) is 0. The van der Waals surface area contributed by atoms with Gasteiger partial charge in [-0.3, -0.25) is 10.1 Å². The monoisotopic (exact) mass is 283 g/mol. The maximum Gasteiger partial charge on any atom is 0.332 e. The highest BCUT2D eigenvalue weighted by Crippen LogP contribution is 2.29. The average Bonchev–Trinajstić information content (AvgIpc) is 2.81.